The SMILES string of the molecule is CCCOc1ccc(Br)c(C#N)n1. The standard InChI is InChI=1S/C9H9BrN2O/c1-2-5-13-9-4-3-7(10)8(6-11)12-9/h3-4H,2,5H2,1H3. The van der Waals surface area contributed by atoms with Crippen molar-refractivity contribution in [3.05, 3.63) is 22.3 Å². The van der Waals surface area contributed by atoms with Crippen LogP contribution in [-0.4, -0.2) is 11.6 Å². The molecule has 0 N–H and O–H groups in total. The molecule has 1 rings (SSSR count). The number of nitrogens with zero attached hydrogens (tertiary/aromatic N) is 2. The largest absolute Gasteiger partial charge is 0.478 e. The lowest BCUT2D eigenvalue weighted by molar-refractivity contribution is 0.305. The minimum absolute atomic E-state index is 0.355. The molecule has 0 saturated carbocycles. The van der Waals surface area contributed by atoms with Crippen molar-refractivity contribution in [1.29, 1.82) is 5.26 Å². The summed E-state index contributed by atoms with van der Waals surface area (Å²) in [5.74, 6) is 0.501. The number of hydrogen-bond donors (Lipinski definition) is 0. The third kappa shape index (κ3) is 2.71. The molecule has 0 radical (unpaired) electrons. The molecule has 3 nitrogen and oxygen atoms in total. The molecule has 0 aliphatic heterocycles. The maximum atomic E-state index is 8.67. The van der Waals surface area contributed by atoms with Crippen LogP contribution in [0, 0.1) is 11.3 Å². The van der Waals surface area contributed by atoms with E-state index < -0.39 is 0 Å². The summed E-state index contributed by atoms with van der Waals surface area (Å²) in [6, 6.07) is 5.47. The Kier molecular flexibility index (Phi) is 3.71. The lowest BCUT2D eigenvalue weighted by Gasteiger charge is -2.03. The molecule has 1 aromatic heterocycles. The van der Waals surface area contributed by atoms with E-state index in [1.807, 2.05) is 13.0 Å². The minimum Gasteiger partial charge on any atom is -0.478 e. The molecule has 0 aromatic carbocycles. The first-order valence-electron chi connectivity index (χ1n) is 3.97. The minimum atomic E-state index is 0.355. The Bertz CT molecular complexity index is 333. The molecule has 0 spiro atoms. The smallest absolute Gasteiger partial charge is 0.214 e. The highest BCUT2D eigenvalue weighted by Crippen LogP contribution is 2.17. The summed E-state index contributed by atoms with van der Waals surface area (Å²) >= 11 is 3.22. The second kappa shape index (κ2) is 4.83. The van der Waals surface area contributed by atoms with Crippen LogP contribution in [0.2, 0.25) is 0 Å². The molecule has 0 aliphatic rings. The summed E-state index contributed by atoms with van der Waals surface area (Å²) in [4.78, 5) is 4.00. The molecular weight excluding hydrogens is 232 g/mol. The summed E-state index contributed by atoms with van der Waals surface area (Å²) in [5.41, 5.74) is 0.355. The van der Waals surface area contributed by atoms with Crippen LogP contribution < -0.4 is 4.74 Å². The van der Waals surface area contributed by atoms with Crippen molar-refractivity contribution in [1.82, 2.24) is 4.98 Å². The van der Waals surface area contributed by atoms with Gasteiger partial charge < -0.3 is 4.74 Å². The van der Waals surface area contributed by atoms with Gasteiger partial charge in [0.05, 0.1) is 11.1 Å². The Hall–Kier alpha value is -1.08. The average molecular weight is 241 g/mol. The highest BCUT2D eigenvalue weighted by Gasteiger charge is 2.02. The van der Waals surface area contributed by atoms with E-state index in [4.69, 9.17) is 10.00 Å². The van der Waals surface area contributed by atoms with Gasteiger partial charge in [-0.25, -0.2) is 4.98 Å². The third-order valence-electron chi connectivity index (χ3n) is 1.38. The van der Waals surface area contributed by atoms with Crippen molar-refractivity contribution < 1.29 is 4.74 Å². The Morgan fingerprint density at radius 2 is 2.38 bits per heavy atom. The first-order valence-corrected chi connectivity index (χ1v) is 4.76. The van der Waals surface area contributed by atoms with Gasteiger partial charge in [-0.1, -0.05) is 6.92 Å². The number of hydrogen-bond acceptors (Lipinski definition) is 3. The Balaban J connectivity index is 2.82. The van der Waals surface area contributed by atoms with Crippen molar-refractivity contribution in [2.75, 3.05) is 6.61 Å². The van der Waals surface area contributed by atoms with Crippen LogP contribution in [0.1, 0.15) is 19.0 Å². The van der Waals surface area contributed by atoms with Gasteiger partial charge in [-0.3, -0.25) is 0 Å². The highest BCUT2D eigenvalue weighted by atomic mass is 79.9. The normalized spacial score (nSPS) is 9.31. The van der Waals surface area contributed by atoms with E-state index in [1.165, 1.54) is 0 Å². The first kappa shape index (κ1) is 10.0. The first-order chi connectivity index (χ1) is 6.27. The van der Waals surface area contributed by atoms with Gasteiger partial charge >= 0.3 is 0 Å². The molecule has 0 bridgehead atoms. The number of rotatable bonds is 3. The monoisotopic (exact) mass is 240 g/mol. The Labute approximate surface area is 85.5 Å². The van der Waals surface area contributed by atoms with E-state index in [0.29, 0.717) is 22.7 Å². The summed E-state index contributed by atoms with van der Waals surface area (Å²) in [5, 5.41) is 8.67. The van der Waals surface area contributed by atoms with E-state index in [9.17, 15) is 0 Å². The predicted molar refractivity (Wildman–Crippen MR) is 52.4 cm³/mol. The fourth-order valence-corrected chi connectivity index (χ4v) is 1.10. The van der Waals surface area contributed by atoms with Crippen molar-refractivity contribution in [3.8, 4) is 11.9 Å². The molecule has 4 heteroatoms. The van der Waals surface area contributed by atoms with Crippen molar-refractivity contribution >= 4 is 15.9 Å². The van der Waals surface area contributed by atoms with Crippen LogP contribution in [0.25, 0.3) is 0 Å². The zero-order chi connectivity index (χ0) is 9.68. The fraction of sp³-hybridized carbons (Fsp3) is 0.333. The van der Waals surface area contributed by atoms with Gasteiger partial charge in [0.1, 0.15) is 6.07 Å². The molecule has 0 amide bonds. The average Bonchev–Trinajstić information content (AvgIpc) is 2.16. The van der Waals surface area contributed by atoms with E-state index in [-0.39, 0.29) is 0 Å². The van der Waals surface area contributed by atoms with Crippen LogP contribution in [0.15, 0.2) is 16.6 Å². The van der Waals surface area contributed by atoms with Crippen molar-refractivity contribution in [2.45, 2.75) is 13.3 Å². The zero-order valence-electron chi connectivity index (χ0n) is 7.25. The zero-order valence-corrected chi connectivity index (χ0v) is 8.84. The molecule has 1 heterocycles. The summed E-state index contributed by atoms with van der Waals surface area (Å²) in [6.45, 7) is 2.64. The molecule has 0 saturated heterocycles. The van der Waals surface area contributed by atoms with E-state index in [0.717, 1.165) is 6.42 Å². The second-order valence-corrected chi connectivity index (χ2v) is 3.29. The number of pyridine rings is 1. The molecule has 1 aromatic rings. The topological polar surface area (TPSA) is 45.9 Å². The molecule has 0 fully saturated rings. The van der Waals surface area contributed by atoms with E-state index in [2.05, 4.69) is 20.9 Å². The maximum absolute atomic E-state index is 8.67. The summed E-state index contributed by atoms with van der Waals surface area (Å²) < 4.78 is 5.96. The van der Waals surface area contributed by atoms with Crippen molar-refractivity contribution in [2.24, 2.45) is 0 Å². The van der Waals surface area contributed by atoms with Crippen molar-refractivity contribution in [3.63, 3.8) is 0 Å². The number of halogens is 1. The molecule has 0 aliphatic carbocycles. The van der Waals surface area contributed by atoms with Crippen LogP contribution in [0.4, 0.5) is 0 Å². The molecule has 0 atom stereocenters. The second-order valence-electron chi connectivity index (χ2n) is 2.44. The lowest BCUT2D eigenvalue weighted by Crippen LogP contribution is -1.98. The van der Waals surface area contributed by atoms with Gasteiger partial charge in [-0.05, 0) is 28.4 Å². The van der Waals surface area contributed by atoms with E-state index in [1.54, 1.807) is 12.1 Å². The van der Waals surface area contributed by atoms with Crippen LogP contribution in [0.3, 0.4) is 0 Å². The van der Waals surface area contributed by atoms with Gasteiger partial charge in [0.15, 0.2) is 5.69 Å². The fourth-order valence-electron chi connectivity index (χ4n) is 0.790. The summed E-state index contributed by atoms with van der Waals surface area (Å²) in [6.07, 6.45) is 0.930. The quantitative estimate of drug-likeness (QED) is 0.816. The molecule has 0 unspecified atom stereocenters. The van der Waals surface area contributed by atoms with Gasteiger partial charge in [-0.15, -0.1) is 0 Å². The maximum Gasteiger partial charge on any atom is 0.214 e. The number of aromatic nitrogens is 1. The summed E-state index contributed by atoms with van der Waals surface area (Å²) in [7, 11) is 0. The molecule has 68 valence electrons. The van der Waals surface area contributed by atoms with Crippen LogP contribution in [-0.2, 0) is 0 Å². The van der Waals surface area contributed by atoms with Gasteiger partial charge in [0, 0.05) is 6.07 Å². The molecular formula is C9H9BrN2O. The number of nitriles is 1. The van der Waals surface area contributed by atoms with E-state index >= 15 is 0 Å². The van der Waals surface area contributed by atoms with Crippen LogP contribution in [0.5, 0.6) is 5.88 Å². The number of ether oxygens (including phenoxy) is 1. The van der Waals surface area contributed by atoms with Gasteiger partial charge in [0.2, 0.25) is 5.88 Å². The lowest BCUT2D eigenvalue weighted by atomic mass is 10.4. The van der Waals surface area contributed by atoms with Gasteiger partial charge in [-0.2, -0.15) is 5.26 Å². The van der Waals surface area contributed by atoms with Crippen LogP contribution >= 0.6 is 15.9 Å². The third-order valence-corrected chi connectivity index (χ3v) is 2.02. The molecule has 13 heavy (non-hydrogen) atoms. The Morgan fingerprint density at radius 1 is 1.62 bits per heavy atom. The Morgan fingerprint density at radius 3 is 3.00 bits per heavy atom. The highest BCUT2D eigenvalue weighted by molar-refractivity contribution is 9.10. The predicted octanol–water partition coefficient (Wildman–Crippen LogP) is 2.50. The van der Waals surface area contributed by atoms with Gasteiger partial charge in [0.25, 0.3) is 0 Å².